The Hall–Kier alpha value is -17.9. The van der Waals surface area contributed by atoms with Gasteiger partial charge in [-0.1, -0.05) is 524 Å². The highest BCUT2D eigenvalue weighted by atomic mass is 20.0. The van der Waals surface area contributed by atoms with Crippen LogP contribution in [0.1, 0.15) is 31.9 Å². The van der Waals surface area contributed by atoms with Crippen LogP contribution >= 0.6 is 0 Å². The van der Waals surface area contributed by atoms with Crippen molar-refractivity contribution < 1.29 is 45.4 Å². The molecule has 730 valence electrons. The molecular weight excluding hydrogens is 1860 g/mol. The second kappa shape index (κ2) is 48.2. The van der Waals surface area contributed by atoms with E-state index in [4.69, 9.17) is 36.6 Å². The van der Waals surface area contributed by atoms with Crippen LogP contribution in [0.3, 0.4) is 0 Å². The van der Waals surface area contributed by atoms with Gasteiger partial charge in [0.1, 0.15) is 0 Å². The standard InChI is InChI=1S/C71H54.C66H44.2CH3F.4F2/c1-47-25-27-54(28-26-47)67-63-45-58(50-21-13-7-14-22-50)39-43-61(63)66(56-35-31-53(32-36-56)49-19-11-6-12-20-49)70-68(57-37-41-60(42-38-57)71(2,3)4)64-46-59(51-23-15-8-16-24-51)40-44-62(64)65(69(67)70)55-33-29-52(30-34-55)48-17-9-5-10-18-48;1-7-19-45(20-8-1)49-31-35-53(36-32-49)61-57-41-39-55(47-23-11-3-12-24-47)43-59(57)64(52-29-17-6-18-30-52)66-62(54-37-33-50(34-38-54)46-21-9-2-10-22-46)58-42-40-56(48-25-13-4-14-26-48)44-60(58)63(65(61)66)51-27-15-5-16-28-51;6*1-2/h5-46H,1-4H3;1-44H;2*1H3;;;;. The monoisotopic (exact) mass is 1960 g/mol. The van der Waals surface area contributed by atoms with Crippen LogP contribution in [0.2, 0.25) is 0 Å². The lowest BCUT2D eigenvalue weighted by molar-refractivity contribution is 0.108. The molecule has 0 aliphatic rings. The molecule has 0 saturated heterocycles. The minimum atomic E-state index is -0.00412. The average Bonchev–Trinajstić information content (AvgIpc) is 0.696. The van der Waals surface area contributed by atoms with Crippen molar-refractivity contribution in [3.63, 3.8) is 0 Å². The van der Waals surface area contributed by atoms with E-state index in [9.17, 15) is 8.78 Å². The molecule has 24 aromatic rings. The van der Waals surface area contributed by atoms with Gasteiger partial charge in [-0.25, -0.2) is 0 Å². The summed E-state index contributed by atoms with van der Waals surface area (Å²) in [5, 5.41) is 14.7. The van der Waals surface area contributed by atoms with Crippen molar-refractivity contribution in [1.82, 2.24) is 0 Å². The normalized spacial score (nSPS) is 10.8. The molecule has 0 atom stereocenters. The zero-order chi connectivity index (χ0) is 104. The minimum absolute atomic E-state index is 0.00412. The average molecular weight is 1960 g/mol. The highest BCUT2D eigenvalue weighted by Crippen LogP contribution is 2.58. The third-order valence-electron chi connectivity index (χ3n) is 27.8. The number of fused-ring (bicyclic) bond motifs is 6. The molecule has 0 heterocycles. The van der Waals surface area contributed by atoms with E-state index < -0.39 is 0 Å². The molecule has 0 aromatic heterocycles. The molecule has 0 saturated carbocycles. The number of alkyl halides is 2. The van der Waals surface area contributed by atoms with Gasteiger partial charge in [-0.2, -0.15) is 0 Å². The summed E-state index contributed by atoms with van der Waals surface area (Å²) >= 11 is 0. The second-order valence-electron chi connectivity index (χ2n) is 37.2. The fraction of sp³-hybridized carbons (Fsp3) is 0.0504. The van der Waals surface area contributed by atoms with Gasteiger partial charge in [-0.05, 0) is 285 Å². The van der Waals surface area contributed by atoms with Crippen molar-refractivity contribution in [3.05, 3.63) is 533 Å². The number of benzene rings is 24. The maximum absolute atomic E-state index is 9.50. The van der Waals surface area contributed by atoms with Gasteiger partial charge in [-0.3, -0.25) is 8.78 Å². The SMILES string of the molecule is CF.CF.Cc1ccc(-c2c3cc(-c4ccccc4)ccc3c(-c3ccc(-c4ccccc4)cc3)c3c(-c4ccc(C(C)(C)C)cc4)c4cc(-c5ccccc5)ccc4c(-c4ccc(-c5ccccc5)cc4)c23)cc1.FF.FF.FF.FF.c1ccc(-c2ccc(-c3c4ccc(-c5ccccc5)cc4c(-c4ccccc4)c4c(-c5ccc(-c6ccccc6)cc5)c5ccc(-c6ccccc6)cc5c(-c5ccccc5)c34)cc2)cc1. The van der Waals surface area contributed by atoms with Gasteiger partial charge in [-0.15, -0.1) is 0 Å². The van der Waals surface area contributed by atoms with Crippen LogP contribution in [0.15, 0.2) is 522 Å². The summed E-state index contributed by atoms with van der Waals surface area (Å²) in [4.78, 5) is 0. The van der Waals surface area contributed by atoms with Gasteiger partial charge in [0.2, 0.25) is 0 Å². The second-order valence-corrected chi connectivity index (χ2v) is 37.2. The van der Waals surface area contributed by atoms with E-state index in [2.05, 4.69) is 549 Å². The Balaban J connectivity index is 0.000000185. The Kier molecular flexibility index (Phi) is 33.2. The van der Waals surface area contributed by atoms with Crippen LogP contribution in [-0.2, 0) is 5.41 Å². The van der Waals surface area contributed by atoms with Gasteiger partial charge in [0, 0.05) is 36.6 Å². The number of hydrogen-bond donors (Lipinski definition) is 0. The molecule has 0 bridgehead atoms. The fourth-order valence-corrected chi connectivity index (χ4v) is 21.0. The van der Waals surface area contributed by atoms with Gasteiger partial charge in [0.15, 0.2) is 0 Å². The topological polar surface area (TPSA) is 0 Å². The van der Waals surface area contributed by atoms with Crippen LogP contribution in [0.4, 0.5) is 45.4 Å². The highest BCUT2D eigenvalue weighted by molar-refractivity contribution is 6.36. The summed E-state index contributed by atoms with van der Waals surface area (Å²) in [6.45, 7) is 9.10. The van der Waals surface area contributed by atoms with E-state index in [1.807, 2.05) is 0 Å². The first-order valence-corrected chi connectivity index (χ1v) is 49.1. The van der Waals surface area contributed by atoms with E-state index >= 15 is 0 Å². The molecule has 10 heteroatoms. The maximum atomic E-state index is 9.50. The largest absolute Gasteiger partial charge is 0.255 e. The highest BCUT2D eigenvalue weighted by Gasteiger charge is 2.31. The molecule has 24 rings (SSSR count). The number of aryl methyl sites for hydroxylation is 1. The first-order chi connectivity index (χ1) is 73.5. The van der Waals surface area contributed by atoms with Crippen LogP contribution in [0.5, 0.6) is 0 Å². The van der Waals surface area contributed by atoms with Crippen molar-refractivity contribution in [1.29, 1.82) is 0 Å². The summed E-state index contributed by atoms with van der Waals surface area (Å²) in [7, 11) is 1.00. The summed E-state index contributed by atoms with van der Waals surface area (Å²) in [5.41, 5.74) is 41.0. The quantitative estimate of drug-likeness (QED) is 0.0668. The smallest absolute Gasteiger partial charge is 0.0785 e. The molecular formula is C139H104F10. The molecule has 0 N–H and O–H groups in total. The molecule has 0 nitrogen and oxygen atoms in total. The van der Waals surface area contributed by atoms with Gasteiger partial charge in [0.25, 0.3) is 0 Å². The zero-order valence-electron chi connectivity index (χ0n) is 82.9. The number of halogens is 10. The molecule has 0 radical (unpaired) electrons. The fourth-order valence-electron chi connectivity index (χ4n) is 21.0. The summed E-state index contributed by atoms with van der Waals surface area (Å²) in [6.07, 6.45) is 0. The Bertz CT molecular complexity index is 8340. The summed E-state index contributed by atoms with van der Waals surface area (Å²) < 4.78 is 83.0. The Morgan fingerprint density at radius 3 is 0.423 bits per heavy atom. The Morgan fingerprint density at radius 2 is 0.248 bits per heavy atom. The molecule has 0 spiro atoms. The lowest BCUT2D eigenvalue weighted by atomic mass is 9.76. The lowest BCUT2D eigenvalue weighted by Gasteiger charge is -2.26. The number of hydrogen-bond acceptors (Lipinski definition) is 0. The summed E-state index contributed by atoms with van der Waals surface area (Å²) in [6, 6.07) is 193. The van der Waals surface area contributed by atoms with Crippen molar-refractivity contribution in [2.75, 3.05) is 14.4 Å². The van der Waals surface area contributed by atoms with E-state index in [-0.39, 0.29) is 5.41 Å². The van der Waals surface area contributed by atoms with Gasteiger partial charge < -0.3 is 0 Å². The predicted octanol–water partition coefficient (Wildman–Crippen LogP) is 43.1. The molecule has 24 aromatic carbocycles. The molecule has 0 amide bonds. The van der Waals surface area contributed by atoms with Gasteiger partial charge >= 0.3 is 0 Å². The molecule has 0 aliphatic carbocycles. The van der Waals surface area contributed by atoms with Crippen molar-refractivity contribution in [2.45, 2.75) is 33.1 Å². The van der Waals surface area contributed by atoms with Crippen LogP contribution < -0.4 is 0 Å². The maximum Gasteiger partial charge on any atom is 0.0785 e. The first-order valence-electron chi connectivity index (χ1n) is 49.1. The van der Waals surface area contributed by atoms with Crippen molar-refractivity contribution in [3.8, 4) is 178 Å². The summed E-state index contributed by atoms with van der Waals surface area (Å²) in [5.74, 6) is 0. The first kappa shape index (κ1) is 103. The zero-order valence-corrected chi connectivity index (χ0v) is 82.9. The van der Waals surface area contributed by atoms with Crippen LogP contribution in [0.25, 0.3) is 243 Å². The van der Waals surface area contributed by atoms with E-state index in [1.54, 1.807) is 0 Å². The number of rotatable bonds is 16. The Morgan fingerprint density at radius 1 is 0.128 bits per heavy atom. The van der Waals surface area contributed by atoms with Gasteiger partial charge in [0.05, 0.1) is 14.4 Å². The third kappa shape index (κ3) is 21.4. The third-order valence-corrected chi connectivity index (χ3v) is 27.8. The van der Waals surface area contributed by atoms with Crippen LogP contribution in [0, 0.1) is 6.92 Å². The van der Waals surface area contributed by atoms with E-state index in [0.29, 0.717) is 14.4 Å². The lowest BCUT2D eigenvalue weighted by Crippen LogP contribution is -2.10. The van der Waals surface area contributed by atoms with Crippen molar-refractivity contribution in [2.24, 2.45) is 0 Å². The molecule has 0 unspecified atom stereocenters. The molecule has 0 aliphatic heterocycles. The molecule has 0 fully saturated rings. The van der Waals surface area contributed by atoms with Crippen LogP contribution in [-0.4, -0.2) is 14.4 Å². The van der Waals surface area contributed by atoms with Crippen molar-refractivity contribution >= 4 is 64.6 Å². The molecule has 149 heavy (non-hydrogen) atoms. The Labute approximate surface area is 862 Å². The predicted molar refractivity (Wildman–Crippen MR) is 611 cm³/mol. The van der Waals surface area contributed by atoms with E-state index in [1.165, 1.54) is 254 Å². The van der Waals surface area contributed by atoms with E-state index in [0.717, 1.165) is 0 Å². The minimum Gasteiger partial charge on any atom is -0.255 e.